The zero-order valence-corrected chi connectivity index (χ0v) is 12.4. The number of urea groups is 1. The molecule has 0 aliphatic carbocycles. The van der Waals surface area contributed by atoms with E-state index in [1.165, 1.54) is 6.42 Å². The van der Waals surface area contributed by atoms with Crippen LogP contribution in [0.25, 0.3) is 0 Å². The van der Waals surface area contributed by atoms with Gasteiger partial charge in [-0.25, -0.2) is 4.79 Å². The van der Waals surface area contributed by atoms with Crippen LogP contribution in [0.15, 0.2) is 0 Å². The predicted octanol–water partition coefficient (Wildman–Crippen LogP) is 0.433. The van der Waals surface area contributed by atoms with Crippen molar-refractivity contribution in [1.29, 1.82) is 0 Å². The maximum absolute atomic E-state index is 11.5. The van der Waals surface area contributed by atoms with Crippen molar-refractivity contribution in [3.05, 3.63) is 0 Å². The second kappa shape index (κ2) is 8.44. The number of methoxy groups -OCH3 is 1. The van der Waals surface area contributed by atoms with E-state index in [1.54, 1.807) is 7.11 Å². The van der Waals surface area contributed by atoms with Crippen molar-refractivity contribution in [3.63, 3.8) is 0 Å². The Morgan fingerprint density at radius 1 is 1.30 bits per heavy atom. The first-order valence-electron chi connectivity index (χ1n) is 7.62. The molecule has 1 unspecified atom stereocenters. The summed E-state index contributed by atoms with van der Waals surface area (Å²) >= 11 is 0. The quantitative estimate of drug-likeness (QED) is 0.695. The number of amides is 2. The third kappa shape index (κ3) is 4.92. The van der Waals surface area contributed by atoms with Crippen molar-refractivity contribution in [2.75, 3.05) is 53.1 Å². The maximum Gasteiger partial charge on any atom is 0.314 e. The molecule has 6 nitrogen and oxygen atoms in total. The lowest BCUT2D eigenvalue weighted by molar-refractivity contribution is 0.110. The van der Waals surface area contributed by atoms with Gasteiger partial charge in [-0.3, -0.25) is 4.90 Å². The summed E-state index contributed by atoms with van der Waals surface area (Å²) in [7, 11) is 1.63. The molecule has 0 aromatic carbocycles. The highest BCUT2D eigenvalue weighted by Crippen LogP contribution is 2.21. The summed E-state index contributed by atoms with van der Waals surface area (Å²) in [6.45, 7) is 5.95. The van der Waals surface area contributed by atoms with E-state index in [9.17, 15) is 4.79 Å². The molecule has 2 rings (SSSR count). The molecule has 116 valence electrons. The normalized spacial score (nSPS) is 24.8. The van der Waals surface area contributed by atoms with Crippen LogP contribution >= 0.6 is 0 Å². The lowest BCUT2D eigenvalue weighted by atomic mass is 9.95. The Morgan fingerprint density at radius 2 is 2.10 bits per heavy atom. The molecule has 2 saturated heterocycles. The largest absolute Gasteiger partial charge is 0.383 e. The summed E-state index contributed by atoms with van der Waals surface area (Å²) in [5.74, 6) is 0.599. The Hall–Kier alpha value is -0.850. The fourth-order valence-corrected chi connectivity index (χ4v) is 2.90. The molecule has 0 aromatic rings. The van der Waals surface area contributed by atoms with E-state index < -0.39 is 0 Å². The molecule has 20 heavy (non-hydrogen) atoms. The average molecular weight is 285 g/mol. The van der Waals surface area contributed by atoms with Gasteiger partial charge < -0.3 is 20.1 Å². The van der Waals surface area contributed by atoms with Gasteiger partial charge in [-0.15, -0.1) is 0 Å². The Balaban J connectivity index is 1.56. The molecule has 0 spiro atoms. The molecule has 1 atom stereocenters. The summed E-state index contributed by atoms with van der Waals surface area (Å²) in [6, 6.07) is 0.537. The van der Waals surface area contributed by atoms with Crippen molar-refractivity contribution in [3.8, 4) is 0 Å². The first-order valence-corrected chi connectivity index (χ1v) is 7.62. The Bertz CT molecular complexity index is 287. The summed E-state index contributed by atoms with van der Waals surface area (Å²) in [5, 5.41) is 5.72. The lowest BCUT2D eigenvalue weighted by Gasteiger charge is -2.35. The first kappa shape index (κ1) is 15.5. The van der Waals surface area contributed by atoms with E-state index in [1.807, 2.05) is 0 Å². The predicted molar refractivity (Wildman–Crippen MR) is 76.8 cm³/mol. The van der Waals surface area contributed by atoms with Gasteiger partial charge in [-0.1, -0.05) is 0 Å². The molecule has 6 heteroatoms. The minimum absolute atomic E-state index is 0.0892. The number of rotatable bonds is 6. The van der Waals surface area contributed by atoms with Crippen molar-refractivity contribution in [2.45, 2.75) is 25.3 Å². The number of carbonyl (C=O) groups excluding carboxylic acids is 1. The molecule has 0 saturated carbocycles. The highest BCUT2D eigenvalue weighted by molar-refractivity contribution is 5.73. The minimum Gasteiger partial charge on any atom is -0.383 e. The fourth-order valence-electron chi connectivity index (χ4n) is 2.90. The zero-order chi connectivity index (χ0) is 14.2. The number of carbonyl (C=O) groups is 1. The Labute approximate surface area is 121 Å². The van der Waals surface area contributed by atoms with E-state index in [-0.39, 0.29) is 6.03 Å². The second-order valence-electron chi connectivity index (χ2n) is 5.63. The molecule has 2 heterocycles. The Kier molecular flexibility index (Phi) is 6.56. The Morgan fingerprint density at radius 3 is 2.75 bits per heavy atom. The van der Waals surface area contributed by atoms with Gasteiger partial charge in [0.05, 0.1) is 13.2 Å². The lowest BCUT2D eigenvalue weighted by Crippen LogP contribution is -2.45. The van der Waals surface area contributed by atoms with Gasteiger partial charge in [-0.2, -0.15) is 0 Å². The van der Waals surface area contributed by atoms with Crippen LogP contribution in [-0.4, -0.2) is 70.1 Å². The van der Waals surface area contributed by atoms with Crippen molar-refractivity contribution in [1.82, 2.24) is 15.5 Å². The standard InChI is InChI=1S/C14H27N3O3/c1-19-9-5-15-14(18)16-10-12-2-6-17(7-3-12)13-4-8-20-11-13/h12-13H,2-11H2,1H3,(H2,15,16,18). The number of nitrogens with zero attached hydrogens (tertiary/aromatic N) is 1. The van der Waals surface area contributed by atoms with Crippen LogP contribution in [-0.2, 0) is 9.47 Å². The van der Waals surface area contributed by atoms with Gasteiger partial charge in [0.25, 0.3) is 0 Å². The van der Waals surface area contributed by atoms with Crippen molar-refractivity contribution in [2.24, 2.45) is 5.92 Å². The van der Waals surface area contributed by atoms with Crippen molar-refractivity contribution < 1.29 is 14.3 Å². The third-order valence-corrected chi connectivity index (χ3v) is 4.21. The van der Waals surface area contributed by atoms with Crippen LogP contribution in [0.2, 0.25) is 0 Å². The van der Waals surface area contributed by atoms with Crippen molar-refractivity contribution >= 4 is 6.03 Å². The molecular weight excluding hydrogens is 258 g/mol. The van der Waals surface area contributed by atoms with Crippen LogP contribution in [0.1, 0.15) is 19.3 Å². The van der Waals surface area contributed by atoms with Crippen LogP contribution in [0.3, 0.4) is 0 Å². The maximum atomic E-state index is 11.5. The molecule has 0 bridgehead atoms. The smallest absolute Gasteiger partial charge is 0.314 e. The zero-order valence-electron chi connectivity index (χ0n) is 12.4. The number of likely N-dealkylation sites (tertiary alicyclic amines) is 1. The number of piperidine rings is 1. The van der Waals surface area contributed by atoms with Gasteiger partial charge in [0.2, 0.25) is 0 Å². The fraction of sp³-hybridized carbons (Fsp3) is 0.929. The number of ether oxygens (including phenoxy) is 2. The topological polar surface area (TPSA) is 62.8 Å². The summed E-state index contributed by atoms with van der Waals surface area (Å²) in [4.78, 5) is 14.1. The average Bonchev–Trinajstić information content (AvgIpc) is 3.00. The molecule has 0 aromatic heterocycles. The van der Waals surface area contributed by atoms with E-state index in [4.69, 9.17) is 9.47 Å². The number of nitrogens with one attached hydrogen (secondary N) is 2. The molecule has 2 N–H and O–H groups in total. The monoisotopic (exact) mass is 285 g/mol. The van der Waals surface area contributed by atoms with E-state index in [0.717, 1.165) is 45.7 Å². The van der Waals surface area contributed by atoms with E-state index in [0.29, 0.717) is 25.1 Å². The van der Waals surface area contributed by atoms with Gasteiger partial charge >= 0.3 is 6.03 Å². The van der Waals surface area contributed by atoms with Gasteiger partial charge in [-0.05, 0) is 38.3 Å². The van der Waals surface area contributed by atoms with Crippen LogP contribution in [0.5, 0.6) is 0 Å². The van der Waals surface area contributed by atoms with Gasteiger partial charge in [0, 0.05) is 32.8 Å². The molecule has 2 amide bonds. The second-order valence-corrected chi connectivity index (χ2v) is 5.63. The molecule has 2 fully saturated rings. The number of hydrogen-bond acceptors (Lipinski definition) is 4. The highest BCUT2D eigenvalue weighted by atomic mass is 16.5. The molecule has 2 aliphatic heterocycles. The van der Waals surface area contributed by atoms with Gasteiger partial charge in [0.1, 0.15) is 0 Å². The first-order chi connectivity index (χ1) is 9.79. The van der Waals surface area contributed by atoms with E-state index in [2.05, 4.69) is 15.5 Å². The third-order valence-electron chi connectivity index (χ3n) is 4.21. The molecule has 2 aliphatic rings. The molecule has 0 radical (unpaired) electrons. The van der Waals surface area contributed by atoms with Crippen LogP contribution < -0.4 is 10.6 Å². The van der Waals surface area contributed by atoms with Gasteiger partial charge in [0.15, 0.2) is 0 Å². The summed E-state index contributed by atoms with van der Waals surface area (Å²) in [6.07, 6.45) is 3.49. The minimum atomic E-state index is -0.0892. The van der Waals surface area contributed by atoms with Crippen LogP contribution in [0.4, 0.5) is 4.79 Å². The van der Waals surface area contributed by atoms with E-state index >= 15 is 0 Å². The summed E-state index contributed by atoms with van der Waals surface area (Å²) in [5.41, 5.74) is 0. The highest BCUT2D eigenvalue weighted by Gasteiger charge is 2.27. The SMILES string of the molecule is COCCNC(=O)NCC1CCN(C2CCOC2)CC1. The van der Waals surface area contributed by atoms with Crippen LogP contribution in [0, 0.1) is 5.92 Å². The summed E-state index contributed by atoms with van der Waals surface area (Å²) < 4.78 is 10.3. The number of hydrogen-bond donors (Lipinski definition) is 2. The molecular formula is C14H27N3O3.